The van der Waals surface area contributed by atoms with Gasteiger partial charge in [-0.25, -0.2) is 0 Å². The average molecular weight is 330 g/mol. The average Bonchev–Trinajstić information content (AvgIpc) is 2.53. The largest absolute Gasteiger partial charge is 0.305 e. The molecule has 0 amide bonds. The minimum Gasteiger partial charge on any atom is -0.305 e. The Morgan fingerprint density at radius 2 is 1.73 bits per heavy atom. The summed E-state index contributed by atoms with van der Waals surface area (Å²) in [5, 5.41) is 0.605. The van der Waals surface area contributed by atoms with Gasteiger partial charge in [0.25, 0.3) is 0 Å². The van der Waals surface area contributed by atoms with Gasteiger partial charge in [0.05, 0.1) is 0 Å². The van der Waals surface area contributed by atoms with Crippen molar-refractivity contribution < 1.29 is 0 Å². The van der Waals surface area contributed by atoms with Gasteiger partial charge in [-0.05, 0) is 41.8 Å². The number of likely N-dealkylation sites (tertiary alicyclic amines) is 1. The van der Waals surface area contributed by atoms with E-state index in [1.165, 1.54) is 34.6 Å². The fourth-order valence-corrected chi connectivity index (χ4v) is 4.87. The van der Waals surface area contributed by atoms with Crippen LogP contribution in [0, 0.1) is 0 Å². The van der Waals surface area contributed by atoms with Crippen LogP contribution in [0.25, 0.3) is 5.57 Å². The van der Waals surface area contributed by atoms with Gasteiger partial charge in [-0.3, -0.25) is 0 Å². The third-order valence-electron chi connectivity index (χ3n) is 4.44. The summed E-state index contributed by atoms with van der Waals surface area (Å²) in [6, 6.07) is 19.8. The van der Waals surface area contributed by atoms with E-state index in [1.54, 1.807) is 5.57 Å². The summed E-state index contributed by atoms with van der Waals surface area (Å²) in [4.78, 5) is 3.89. The van der Waals surface area contributed by atoms with Gasteiger partial charge in [0.2, 0.25) is 0 Å². The number of hydrogen-bond acceptors (Lipinski definition) is 2. The molecule has 1 unspecified atom stereocenters. The van der Waals surface area contributed by atoms with Crippen LogP contribution in [0.1, 0.15) is 17.5 Å². The van der Waals surface area contributed by atoms with E-state index in [0.717, 1.165) is 6.54 Å². The molecule has 0 aromatic heterocycles. The third kappa shape index (κ3) is 2.71. The molecule has 2 aromatic carbocycles. The summed E-state index contributed by atoms with van der Waals surface area (Å²) in [5.74, 6) is 0. The number of benzene rings is 2. The van der Waals surface area contributed by atoms with Crippen molar-refractivity contribution in [3.63, 3.8) is 0 Å². The van der Waals surface area contributed by atoms with Crippen LogP contribution in [0.15, 0.2) is 65.1 Å². The molecule has 4 rings (SSSR count). The van der Waals surface area contributed by atoms with Crippen molar-refractivity contribution in [2.24, 2.45) is 0 Å². The zero-order valence-electron chi connectivity index (χ0n) is 12.7. The molecule has 114 valence electrons. The molecule has 2 aliphatic heterocycles. The minimum absolute atomic E-state index is 0. The molecule has 1 fully saturated rings. The van der Waals surface area contributed by atoms with Crippen molar-refractivity contribution in [1.82, 2.24) is 4.90 Å². The van der Waals surface area contributed by atoms with E-state index in [9.17, 15) is 0 Å². The van der Waals surface area contributed by atoms with Crippen LogP contribution in [0.2, 0.25) is 0 Å². The number of thioether (sulfide) groups is 1. The first-order chi connectivity index (χ1) is 10.3. The molecule has 3 heteroatoms. The molecule has 2 aromatic rings. The summed E-state index contributed by atoms with van der Waals surface area (Å²) in [6.07, 6.45) is 1.19. The number of piperidine rings is 1. The maximum atomic E-state index is 2.46. The van der Waals surface area contributed by atoms with Gasteiger partial charge in [0.1, 0.15) is 0 Å². The second kappa shape index (κ2) is 6.49. The molecule has 2 heterocycles. The van der Waals surface area contributed by atoms with E-state index >= 15 is 0 Å². The molecule has 0 N–H and O–H groups in total. The summed E-state index contributed by atoms with van der Waals surface area (Å²) in [6.45, 7) is 2.33. The predicted molar refractivity (Wildman–Crippen MR) is 97.9 cm³/mol. The van der Waals surface area contributed by atoms with Crippen molar-refractivity contribution in [1.29, 1.82) is 0 Å². The molecular formula is C19H20ClNS. The predicted octanol–water partition coefficient (Wildman–Crippen LogP) is 4.72. The minimum atomic E-state index is 0. The molecule has 22 heavy (non-hydrogen) atoms. The molecule has 2 aliphatic rings. The Balaban J connectivity index is 0.00000144. The zero-order valence-corrected chi connectivity index (χ0v) is 14.3. The number of fused-ring (bicyclic) bond motifs is 2. The Kier molecular flexibility index (Phi) is 4.62. The molecule has 0 bridgehead atoms. The number of halogens is 1. The molecule has 1 saturated heterocycles. The van der Waals surface area contributed by atoms with Crippen molar-refractivity contribution in [3.8, 4) is 0 Å². The molecule has 0 saturated carbocycles. The fourth-order valence-electron chi connectivity index (χ4n) is 3.40. The Labute approximate surface area is 142 Å². The standard InChI is InChI=1S/C19H19NS.ClH/c1-20-12-11-16-18(13-20)21-17-10-6-5-9-15(17)19(16)14-7-3-2-4-8-14;/h2-10,18H,11-13H2,1H3;1H. The van der Waals surface area contributed by atoms with E-state index in [2.05, 4.69) is 66.5 Å². The number of hydrogen-bond donors (Lipinski definition) is 0. The van der Waals surface area contributed by atoms with E-state index in [0.29, 0.717) is 5.25 Å². The van der Waals surface area contributed by atoms with Gasteiger partial charge in [-0.2, -0.15) is 0 Å². The maximum Gasteiger partial charge on any atom is 0.0441 e. The molecule has 1 atom stereocenters. The van der Waals surface area contributed by atoms with Crippen molar-refractivity contribution >= 4 is 29.7 Å². The van der Waals surface area contributed by atoms with Crippen LogP contribution in [0.4, 0.5) is 0 Å². The van der Waals surface area contributed by atoms with Crippen LogP contribution in [-0.4, -0.2) is 30.3 Å². The van der Waals surface area contributed by atoms with Crippen LogP contribution in [0.3, 0.4) is 0 Å². The van der Waals surface area contributed by atoms with Gasteiger partial charge in [0, 0.05) is 23.2 Å². The van der Waals surface area contributed by atoms with Gasteiger partial charge in [-0.1, -0.05) is 48.5 Å². The Morgan fingerprint density at radius 1 is 1.00 bits per heavy atom. The topological polar surface area (TPSA) is 3.24 Å². The van der Waals surface area contributed by atoms with Crippen LogP contribution in [0.5, 0.6) is 0 Å². The summed E-state index contributed by atoms with van der Waals surface area (Å²) in [7, 11) is 2.24. The number of nitrogens with zero attached hydrogens (tertiary/aromatic N) is 1. The summed E-state index contributed by atoms with van der Waals surface area (Å²) in [5.41, 5.74) is 5.92. The highest BCUT2D eigenvalue weighted by Gasteiger charge is 2.31. The monoisotopic (exact) mass is 329 g/mol. The van der Waals surface area contributed by atoms with Crippen LogP contribution < -0.4 is 0 Å². The van der Waals surface area contributed by atoms with Gasteiger partial charge < -0.3 is 4.90 Å². The van der Waals surface area contributed by atoms with Gasteiger partial charge in [0.15, 0.2) is 0 Å². The normalized spacial score (nSPS) is 20.9. The Bertz CT molecular complexity index is 696. The lowest BCUT2D eigenvalue weighted by Crippen LogP contribution is -2.37. The first kappa shape index (κ1) is 15.7. The van der Waals surface area contributed by atoms with E-state index in [1.807, 2.05) is 11.8 Å². The quantitative estimate of drug-likeness (QED) is 0.744. The van der Waals surface area contributed by atoms with E-state index in [-0.39, 0.29) is 12.4 Å². The zero-order chi connectivity index (χ0) is 14.2. The van der Waals surface area contributed by atoms with Crippen LogP contribution >= 0.6 is 24.2 Å². The lowest BCUT2D eigenvalue weighted by atomic mass is 9.87. The van der Waals surface area contributed by atoms with Gasteiger partial charge >= 0.3 is 0 Å². The molecule has 0 radical (unpaired) electrons. The van der Waals surface area contributed by atoms with E-state index < -0.39 is 0 Å². The summed E-state index contributed by atoms with van der Waals surface area (Å²) >= 11 is 2.04. The second-order valence-electron chi connectivity index (χ2n) is 5.88. The molecular weight excluding hydrogens is 310 g/mol. The van der Waals surface area contributed by atoms with Crippen molar-refractivity contribution in [3.05, 3.63) is 71.3 Å². The van der Waals surface area contributed by atoms with Crippen LogP contribution in [-0.2, 0) is 0 Å². The molecule has 1 nitrogen and oxygen atoms in total. The van der Waals surface area contributed by atoms with E-state index in [4.69, 9.17) is 0 Å². The SMILES string of the molecule is CN1CCC2=C(c3ccccc3)c3ccccc3SC2C1.Cl. The lowest BCUT2D eigenvalue weighted by Gasteiger charge is -2.37. The Hall–Kier alpha value is -1.22. The second-order valence-corrected chi connectivity index (χ2v) is 7.13. The lowest BCUT2D eigenvalue weighted by molar-refractivity contribution is 0.317. The first-order valence-electron chi connectivity index (χ1n) is 7.56. The van der Waals surface area contributed by atoms with Crippen molar-refractivity contribution in [2.45, 2.75) is 16.6 Å². The first-order valence-corrected chi connectivity index (χ1v) is 8.44. The van der Waals surface area contributed by atoms with Crippen molar-refractivity contribution in [2.75, 3.05) is 20.1 Å². The summed E-state index contributed by atoms with van der Waals surface area (Å²) < 4.78 is 0. The third-order valence-corrected chi connectivity index (χ3v) is 5.77. The molecule has 0 aliphatic carbocycles. The smallest absolute Gasteiger partial charge is 0.0441 e. The highest BCUT2D eigenvalue weighted by molar-refractivity contribution is 8.00. The highest BCUT2D eigenvalue weighted by Crippen LogP contribution is 2.46. The Morgan fingerprint density at radius 3 is 2.55 bits per heavy atom. The van der Waals surface area contributed by atoms with Gasteiger partial charge in [-0.15, -0.1) is 24.2 Å². The maximum absolute atomic E-state index is 2.46. The highest BCUT2D eigenvalue weighted by atomic mass is 35.5. The fraction of sp³-hybridized carbons (Fsp3) is 0.263. The molecule has 0 spiro atoms. The number of rotatable bonds is 1.